The molecule has 0 bridgehead atoms. The first-order valence-corrected chi connectivity index (χ1v) is 6.44. The number of nitrogens with one attached hydrogen (secondary N) is 1. The summed E-state index contributed by atoms with van der Waals surface area (Å²) in [5.74, 6) is 0. The first kappa shape index (κ1) is 10.7. The van der Waals surface area contributed by atoms with E-state index in [1.807, 2.05) is 6.07 Å². The van der Waals surface area contributed by atoms with Gasteiger partial charge in [-0.3, -0.25) is 5.10 Å². The summed E-state index contributed by atoms with van der Waals surface area (Å²) in [5, 5.41) is 8.51. The fraction of sp³-hybridized carbons (Fsp3) is 0.538. The second-order valence-corrected chi connectivity index (χ2v) is 4.73. The molecule has 3 heterocycles. The fourth-order valence-electron chi connectivity index (χ4n) is 2.55. The molecular formula is C13H18N4. The minimum atomic E-state index is 0.834. The first-order chi connectivity index (χ1) is 8.43. The number of aromatic nitrogens is 3. The van der Waals surface area contributed by atoms with Crippen molar-refractivity contribution in [2.24, 2.45) is 0 Å². The molecule has 1 fully saturated rings. The summed E-state index contributed by atoms with van der Waals surface area (Å²) in [6.07, 6.45) is 6.93. The van der Waals surface area contributed by atoms with E-state index in [4.69, 9.17) is 0 Å². The summed E-state index contributed by atoms with van der Waals surface area (Å²) in [6.45, 7) is 3.64. The zero-order valence-corrected chi connectivity index (χ0v) is 10.0. The molecule has 1 saturated heterocycles. The van der Waals surface area contributed by atoms with Gasteiger partial charge in [0, 0.05) is 30.2 Å². The molecular weight excluding hydrogens is 212 g/mol. The Morgan fingerprint density at radius 1 is 1.24 bits per heavy atom. The SMILES string of the molecule is c1cnc2n[nH]c(CCN3CCCCC3)c2c1. The molecule has 0 radical (unpaired) electrons. The summed E-state index contributed by atoms with van der Waals surface area (Å²) in [5.41, 5.74) is 2.06. The van der Waals surface area contributed by atoms with Crippen LogP contribution >= 0.6 is 0 Å². The zero-order chi connectivity index (χ0) is 11.5. The van der Waals surface area contributed by atoms with Crippen molar-refractivity contribution < 1.29 is 0 Å². The predicted molar refractivity (Wildman–Crippen MR) is 67.9 cm³/mol. The first-order valence-electron chi connectivity index (χ1n) is 6.44. The smallest absolute Gasteiger partial charge is 0.181 e. The van der Waals surface area contributed by atoms with Crippen LogP contribution < -0.4 is 0 Å². The number of H-pyrrole nitrogens is 1. The van der Waals surface area contributed by atoms with Gasteiger partial charge in [0.1, 0.15) is 0 Å². The van der Waals surface area contributed by atoms with Crippen LogP contribution in [0.1, 0.15) is 25.0 Å². The molecule has 0 amide bonds. The largest absolute Gasteiger partial charge is 0.303 e. The molecule has 4 nitrogen and oxygen atoms in total. The highest BCUT2D eigenvalue weighted by Crippen LogP contribution is 2.15. The maximum absolute atomic E-state index is 4.24. The van der Waals surface area contributed by atoms with Gasteiger partial charge in [-0.05, 0) is 38.1 Å². The Labute approximate surface area is 101 Å². The van der Waals surface area contributed by atoms with Crippen molar-refractivity contribution in [2.45, 2.75) is 25.7 Å². The molecule has 1 N–H and O–H groups in total. The van der Waals surface area contributed by atoms with Crippen LogP contribution in [-0.2, 0) is 6.42 Å². The summed E-state index contributed by atoms with van der Waals surface area (Å²) < 4.78 is 0. The molecule has 2 aromatic rings. The third-order valence-corrected chi connectivity index (χ3v) is 3.54. The number of hydrogen-bond acceptors (Lipinski definition) is 3. The van der Waals surface area contributed by atoms with Crippen LogP contribution in [0.4, 0.5) is 0 Å². The van der Waals surface area contributed by atoms with Crippen molar-refractivity contribution >= 4 is 11.0 Å². The number of piperidine rings is 1. The second kappa shape index (κ2) is 4.84. The van der Waals surface area contributed by atoms with Crippen LogP contribution in [0.3, 0.4) is 0 Å². The van der Waals surface area contributed by atoms with Gasteiger partial charge in [-0.2, -0.15) is 5.10 Å². The molecule has 0 spiro atoms. The molecule has 1 aliphatic rings. The van der Waals surface area contributed by atoms with Crippen LogP contribution in [0, 0.1) is 0 Å². The van der Waals surface area contributed by atoms with Gasteiger partial charge in [0.2, 0.25) is 0 Å². The van der Waals surface area contributed by atoms with E-state index < -0.39 is 0 Å². The number of pyridine rings is 1. The van der Waals surface area contributed by atoms with E-state index in [9.17, 15) is 0 Å². The third-order valence-electron chi connectivity index (χ3n) is 3.54. The van der Waals surface area contributed by atoms with Crippen molar-refractivity contribution in [2.75, 3.05) is 19.6 Å². The van der Waals surface area contributed by atoms with Crippen LogP contribution in [-0.4, -0.2) is 39.7 Å². The van der Waals surface area contributed by atoms with E-state index >= 15 is 0 Å². The Kier molecular flexibility index (Phi) is 3.05. The van der Waals surface area contributed by atoms with Crippen molar-refractivity contribution in [3.05, 3.63) is 24.0 Å². The number of aromatic amines is 1. The summed E-state index contributed by atoms with van der Waals surface area (Å²) in [7, 11) is 0. The van der Waals surface area contributed by atoms with Crippen LogP contribution in [0.5, 0.6) is 0 Å². The lowest BCUT2D eigenvalue weighted by molar-refractivity contribution is 0.231. The van der Waals surface area contributed by atoms with Gasteiger partial charge in [-0.1, -0.05) is 6.42 Å². The topological polar surface area (TPSA) is 44.8 Å². The van der Waals surface area contributed by atoms with E-state index in [1.54, 1.807) is 6.20 Å². The Morgan fingerprint density at radius 3 is 3.00 bits per heavy atom. The Morgan fingerprint density at radius 2 is 2.12 bits per heavy atom. The highest BCUT2D eigenvalue weighted by atomic mass is 15.2. The predicted octanol–water partition coefficient (Wildman–Crippen LogP) is 1.99. The Balaban J connectivity index is 1.68. The molecule has 17 heavy (non-hydrogen) atoms. The van der Waals surface area contributed by atoms with Crippen molar-refractivity contribution in [1.29, 1.82) is 0 Å². The standard InChI is InChI=1S/C13H18N4/c1-2-8-17(9-3-1)10-6-12-11-5-4-7-14-13(11)16-15-12/h4-5,7H,1-3,6,8-10H2,(H,14,15,16). The molecule has 3 rings (SSSR count). The number of hydrogen-bond donors (Lipinski definition) is 1. The lowest BCUT2D eigenvalue weighted by Gasteiger charge is -2.25. The molecule has 90 valence electrons. The van der Waals surface area contributed by atoms with Crippen LogP contribution in [0.2, 0.25) is 0 Å². The van der Waals surface area contributed by atoms with E-state index in [0.29, 0.717) is 0 Å². The van der Waals surface area contributed by atoms with Crippen LogP contribution in [0.15, 0.2) is 18.3 Å². The average Bonchev–Trinajstić information content (AvgIpc) is 2.81. The maximum atomic E-state index is 4.24. The van der Waals surface area contributed by atoms with Gasteiger partial charge >= 0.3 is 0 Å². The quantitative estimate of drug-likeness (QED) is 0.877. The van der Waals surface area contributed by atoms with Crippen LogP contribution in [0.25, 0.3) is 11.0 Å². The lowest BCUT2D eigenvalue weighted by Crippen LogP contribution is -2.31. The number of nitrogens with zero attached hydrogens (tertiary/aromatic N) is 3. The minimum Gasteiger partial charge on any atom is -0.303 e. The van der Waals surface area contributed by atoms with Gasteiger partial charge in [0.15, 0.2) is 5.65 Å². The van der Waals surface area contributed by atoms with Gasteiger partial charge < -0.3 is 4.90 Å². The van der Waals surface area contributed by atoms with E-state index in [-0.39, 0.29) is 0 Å². The summed E-state index contributed by atoms with van der Waals surface area (Å²) in [6, 6.07) is 4.07. The monoisotopic (exact) mass is 230 g/mol. The van der Waals surface area contributed by atoms with E-state index in [0.717, 1.165) is 18.6 Å². The normalized spacial score (nSPS) is 17.6. The number of fused-ring (bicyclic) bond motifs is 1. The number of rotatable bonds is 3. The zero-order valence-electron chi connectivity index (χ0n) is 10.0. The molecule has 0 atom stereocenters. The summed E-state index contributed by atoms with van der Waals surface area (Å²) >= 11 is 0. The molecule has 2 aromatic heterocycles. The Hall–Kier alpha value is -1.42. The fourth-order valence-corrected chi connectivity index (χ4v) is 2.55. The van der Waals surface area contributed by atoms with Gasteiger partial charge in [0.25, 0.3) is 0 Å². The molecule has 0 aromatic carbocycles. The van der Waals surface area contributed by atoms with Crippen molar-refractivity contribution in [3.8, 4) is 0 Å². The highest BCUT2D eigenvalue weighted by molar-refractivity contribution is 5.77. The third kappa shape index (κ3) is 2.31. The minimum absolute atomic E-state index is 0.834. The molecule has 0 saturated carbocycles. The van der Waals surface area contributed by atoms with Crippen molar-refractivity contribution in [3.63, 3.8) is 0 Å². The molecule has 1 aliphatic heterocycles. The van der Waals surface area contributed by atoms with E-state index in [2.05, 4.69) is 26.1 Å². The Bertz CT molecular complexity index is 485. The average molecular weight is 230 g/mol. The second-order valence-electron chi connectivity index (χ2n) is 4.73. The maximum Gasteiger partial charge on any atom is 0.181 e. The summed E-state index contributed by atoms with van der Waals surface area (Å²) in [4.78, 5) is 6.79. The molecule has 0 unspecified atom stereocenters. The lowest BCUT2D eigenvalue weighted by atomic mass is 10.1. The molecule has 0 aliphatic carbocycles. The van der Waals surface area contributed by atoms with Gasteiger partial charge in [-0.15, -0.1) is 0 Å². The van der Waals surface area contributed by atoms with E-state index in [1.165, 1.54) is 43.4 Å². The van der Waals surface area contributed by atoms with Gasteiger partial charge in [-0.25, -0.2) is 4.98 Å². The highest BCUT2D eigenvalue weighted by Gasteiger charge is 2.11. The number of likely N-dealkylation sites (tertiary alicyclic amines) is 1. The van der Waals surface area contributed by atoms with Crippen molar-refractivity contribution in [1.82, 2.24) is 20.1 Å². The molecule has 4 heteroatoms. The van der Waals surface area contributed by atoms with Gasteiger partial charge in [0.05, 0.1) is 0 Å².